The van der Waals surface area contributed by atoms with E-state index in [1.54, 1.807) is 12.1 Å². The van der Waals surface area contributed by atoms with Crippen LogP contribution in [-0.2, 0) is 0 Å². The van der Waals surface area contributed by atoms with E-state index in [4.69, 9.17) is 11.6 Å². The van der Waals surface area contributed by atoms with Crippen LogP contribution >= 0.6 is 27.5 Å². The third-order valence-electron chi connectivity index (χ3n) is 2.08. The Morgan fingerprint density at radius 3 is 2.47 bits per heavy atom. The van der Waals surface area contributed by atoms with Crippen LogP contribution in [0.15, 0.2) is 46.9 Å². The lowest BCUT2D eigenvalue weighted by molar-refractivity contribution is 0.628. The Labute approximate surface area is 101 Å². The van der Waals surface area contributed by atoms with Crippen molar-refractivity contribution in [2.45, 2.75) is 0 Å². The summed E-state index contributed by atoms with van der Waals surface area (Å²) in [5, 5.41) is 0.606. The molecule has 0 aliphatic rings. The van der Waals surface area contributed by atoms with Crippen molar-refractivity contribution in [1.29, 1.82) is 0 Å². The van der Waals surface area contributed by atoms with Gasteiger partial charge in [-0.1, -0.05) is 45.7 Å². The van der Waals surface area contributed by atoms with Crippen LogP contribution in [0.3, 0.4) is 0 Å². The topological polar surface area (TPSA) is 0 Å². The Hall–Kier alpha value is -0.860. The molecule has 0 saturated carbocycles. The molecule has 0 atom stereocenters. The highest BCUT2D eigenvalue weighted by Crippen LogP contribution is 2.34. The fourth-order valence-electron chi connectivity index (χ4n) is 1.42. The maximum Gasteiger partial charge on any atom is 0.123 e. The third-order valence-corrected chi connectivity index (χ3v) is 3.05. The number of hydrogen-bond donors (Lipinski definition) is 0. The first-order valence-electron chi connectivity index (χ1n) is 4.38. The average molecular weight is 286 g/mol. The molecule has 0 bridgehead atoms. The second kappa shape index (κ2) is 4.33. The standard InChI is InChI=1S/C12H7BrClF/c13-10-5-2-6-11(14)12(10)8-3-1-4-9(15)7-8/h1-7H. The molecule has 0 spiro atoms. The normalized spacial score (nSPS) is 10.3. The molecule has 2 aromatic rings. The van der Waals surface area contributed by atoms with Gasteiger partial charge in [-0.15, -0.1) is 0 Å². The molecule has 0 aromatic heterocycles. The predicted molar refractivity (Wildman–Crippen MR) is 64.5 cm³/mol. The average Bonchev–Trinajstić information content (AvgIpc) is 2.17. The van der Waals surface area contributed by atoms with E-state index in [0.29, 0.717) is 5.02 Å². The monoisotopic (exact) mass is 284 g/mol. The van der Waals surface area contributed by atoms with Crippen molar-refractivity contribution in [2.75, 3.05) is 0 Å². The van der Waals surface area contributed by atoms with E-state index in [-0.39, 0.29) is 5.82 Å². The van der Waals surface area contributed by atoms with Crippen LogP contribution in [0.2, 0.25) is 5.02 Å². The Morgan fingerprint density at radius 1 is 1.07 bits per heavy atom. The van der Waals surface area contributed by atoms with Gasteiger partial charge in [0, 0.05) is 15.1 Å². The maximum absolute atomic E-state index is 13.1. The van der Waals surface area contributed by atoms with Gasteiger partial charge >= 0.3 is 0 Å². The highest BCUT2D eigenvalue weighted by atomic mass is 79.9. The number of benzene rings is 2. The van der Waals surface area contributed by atoms with Crippen LogP contribution in [0, 0.1) is 5.82 Å². The van der Waals surface area contributed by atoms with Crippen LogP contribution in [0.1, 0.15) is 0 Å². The molecule has 15 heavy (non-hydrogen) atoms. The lowest BCUT2D eigenvalue weighted by atomic mass is 10.1. The summed E-state index contributed by atoms with van der Waals surface area (Å²) >= 11 is 9.47. The molecule has 0 nitrogen and oxygen atoms in total. The summed E-state index contributed by atoms with van der Waals surface area (Å²) < 4.78 is 13.9. The first-order chi connectivity index (χ1) is 7.18. The van der Waals surface area contributed by atoms with Gasteiger partial charge in [-0.25, -0.2) is 4.39 Å². The largest absolute Gasteiger partial charge is 0.207 e. The van der Waals surface area contributed by atoms with E-state index in [0.717, 1.165) is 15.6 Å². The molecule has 0 heterocycles. The molecule has 0 N–H and O–H groups in total. The zero-order chi connectivity index (χ0) is 10.8. The number of rotatable bonds is 1. The fourth-order valence-corrected chi connectivity index (χ4v) is 2.41. The molecule has 0 amide bonds. The van der Waals surface area contributed by atoms with Crippen molar-refractivity contribution in [3.8, 4) is 11.1 Å². The van der Waals surface area contributed by atoms with E-state index >= 15 is 0 Å². The zero-order valence-electron chi connectivity index (χ0n) is 7.68. The van der Waals surface area contributed by atoms with Gasteiger partial charge in [0.05, 0.1) is 0 Å². The molecule has 76 valence electrons. The lowest BCUT2D eigenvalue weighted by Gasteiger charge is -2.06. The van der Waals surface area contributed by atoms with Crippen LogP contribution in [-0.4, -0.2) is 0 Å². The second-order valence-electron chi connectivity index (χ2n) is 3.11. The first-order valence-corrected chi connectivity index (χ1v) is 5.55. The highest BCUT2D eigenvalue weighted by Gasteiger charge is 2.07. The van der Waals surface area contributed by atoms with E-state index in [1.807, 2.05) is 18.2 Å². The molecule has 0 aliphatic carbocycles. The van der Waals surface area contributed by atoms with E-state index in [1.165, 1.54) is 12.1 Å². The van der Waals surface area contributed by atoms with Gasteiger partial charge in [-0.3, -0.25) is 0 Å². The first kappa shape index (κ1) is 10.7. The molecule has 0 unspecified atom stereocenters. The summed E-state index contributed by atoms with van der Waals surface area (Å²) in [5.74, 6) is -0.265. The molecule has 0 radical (unpaired) electrons. The molecular formula is C12H7BrClF. The third kappa shape index (κ3) is 2.21. The minimum atomic E-state index is -0.265. The Balaban J connectivity index is 2.63. The SMILES string of the molecule is Fc1cccc(-c2c(Cl)cccc2Br)c1. The Kier molecular flexibility index (Phi) is 3.08. The summed E-state index contributed by atoms with van der Waals surface area (Å²) in [6, 6.07) is 11.9. The van der Waals surface area contributed by atoms with Crippen LogP contribution in [0.4, 0.5) is 4.39 Å². The van der Waals surface area contributed by atoms with E-state index in [2.05, 4.69) is 15.9 Å². The van der Waals surface area contributed by atoms with Gasteiger partial charge in [0.1, 0.15) is 5.82 Å². The fraction of sp³-hybridized carbons (Fsp3) is 0. The van der Waals surface area contributed by atoms with E-state index in [9.17, 15) is 4.39 Å². The van der Waals surface area contributed by atoms with Gasteiger partial charge < -0.3 is 0 Å². The summed E-state index contributed by atoms with van der Waals surface area (Å²) in [7, 11) is 0. The lowest BCUT2D eigenvalue weighted by Crippen LogP contribution is -1.83. The summed E-state index contributed by atoms with van der Waals surface area (Å²) in [5.41, 5.74) is 1.59. The summed E-state index contributed by atoms with van der Waals surface area (Å²) in [6.45, 7) is 0. The van der Waals surface area contributed by atoms with Crippen molar-refractivity contribution >= 4 is 27.5 Å². The molecular weight excluding hydrogens is 278 g/mol. The van der Waals surface area contributed by atoms with Crippen molar-refractivity contribution in [3.63, 3.8) is 0 Å². The molecule has 3 heteroatoms. The number of halogens is 3. The smallest absolute Gasteiger partial charge is 0.123 e. The van der Waals surface area contributed by atoms with E-state index < -0.39 is 0 Å². The minimum absolute atomic E-state index is 0.265. The van der Waals surface area contributed by atoms with Crippen molar-refractivity contribution in [3.05, 3.63) is 57.8 Å². The summed E-state index contributed by atoms with van der Waals surface area (Å²) in [6.07, 6.45) is 0. The van der Waals surface area contributed by atoms with Gasteiger partial charge in [-0.05, 0) is 29.8 Å². The zero-order valence-corrected chi connectivity index (χ0v) is 10.0. The highest BCUT2D eigenvalue weighted by molar-refractivity contribution is 9.10. The molecule has 0 saturated heterocycles. The summed E-state index contributed by atoms with van der Waals surface area (Å²) in [4.78, 5) is 0. The van der Waals surface area contributed by atoms with Gasteiger partial charge in [0.15, 0.2) is 0 Å². The van der Waals surface area contributed by atoms with Gasteiger partial charge in [-0.2, -0.15) is 0 Å². The van der Waals surface area contributed by atoms with Gasteiger partial charge in [0.2, 0.25) is 0 Å². The molecule has 2 rings (SSSR count). The molecule has 2 aromatic carbocycles. The van der Waals surface area contributed by atoms with Gasteiger partial charge in [0.25, 0.3) is 0 Å². The minimum Gasteiger partial charge on any atom is -0.207 e. The molecule has 0 fully saturated rings. The van der Waals surface area contributed by atoms with Crippen LogP contribution in [0.25, 0.3) is 11.1 Å². The van der Waals surface area contributed by atoms with Crippen molar-refractivity contribution in [2.24, 2.45) is 0 Å². The van der Waals surface area contributed by atoms with Crippen LogP contribution < -0.4 is 0 Å². The second-order valence-corrected chi connectivity index (χ2v) is 4.37. The predicted octanol–water partition coefficient (Wildman–Crippen LogP) is 4.91. The maximum atomic E-state index is 13.1. The van der Waals surface area contributed by atoms with Crippen molar-refractivity contribution in [1.82, 2.24) is 0 Å². The Bertz CT molecular complexity index is 476. The van der Waals surface area contributed by atoms with Crippen LogP contribution in [0.5, 0.6) is 0 Å². The Morgan fingerprint density at radius 2 is 1.80 bits per heavy atom. The van der Waals surface area contributed by atoms with Crippen molar-refractivity contribution < 1.29 is 4.39 Å². The number of hydrogen-bond acceptors (Lipinski definition) is 0. The quantitative estimate of drug-likeness (QED) is 0.698. The molecule has 0 aliphatic heterocycles.